The predicted molar refractivity (Wildman–Crippen MR) is 110 cm³/mol. The molecule has 148 valence electrons. The molecule has 0 unspecified atom stereocenters. The summed E-state index contributed by atoms with van der Waals surface area (Å²) >= 11 is 0. The molecule has 1 aromatic heterocycles. The monoisotopic (exact) mass is 391 g/mol. The van der Waals surface area contributed by atoms with E-state index < -0.39 is 11.8 Å². The third kappa shape index (κ3) is 4.42. The summed E-state index contributed by atoms with van der Waals surface area (Å²) in [6.07, 6.45) is 4.06. The second kappa shape index (κ2) is 8.39. The van der Waals surface area contributed by atoms with Crippen LogP contribution in [0.2, 0.25) is 0 Å². The van der Waals surface area contributed by atoms with Crippen LogP contribution in [-0.2, 0) is 4.79 Å². The number of rotatable bonds is 5. The van der Waals surface area contributed by atoms with Gasteiger partial charge in [-0.25, -0.2) is 14.4 Å². The molecular formula is C23H22FN3O2. The number of halogens is 1. The van der Waals surface area contributed by atoms with Gasteiger partial charge in [0.05, 0.1) is 12.1 Å². The number of nitrogens with one attached hydrogen (secondary N) is 1. The Kier molecular flexibility index (Phi) is 5.51. The molecular weight excluding hydrogens is 369 g/mol. The molecule has 1 heterocycles. The highest BCUT2D eigenvalue weighted by molar-refractivity contribution is 5.72. The maximum atomic E-state index is 14.5. The number of carboxylic acids is 1. The summed E-state index contributed by atoms with van der Waals surface area (Å²) in [5, 5.41) is 12.5. The fraction of sp³-hybridized carbons (Fsp3) is 0.261. The minimum atomic E-state index is -0.769. The van der Waals surface area contributed by atoms with E-state index in [0.717, 1.165) is 30.2 Å². The Morgan fingerprint density at radius 2 is 1.79 bits per heavy atom. The second-order valence-electron chi connectivity index (χ2n) is 7.38. The Labute approximate surface area is 168 Å². The van der Waals surface area contributed by atoms with Crippen molar-refractivity contribution < 1.29 is 14.3 Å². The molecule has 1 saturated carbocycles. The molecule has 0 spiro atoms. The van der Waals surface area contributed by atoms with Gasteiger partial charge < -0.3 is 10.4 Å². The van der Waals surface area contributed by atoms with Crippen LogP contribution >= 0.6 is 0 Å². The van der Waals surface area contributed by atoms with Gasteiger partial charge in [-0.2, -0.15) is 0 Å². The zero-order valence-electron chi connectivity index (χ0n) is 15.9. The molecule has 29 heavy (non-hydrogen) atoms. The van der Waals surface area contributed by atoms with E-state index in [1.807, 2.05) is 54.6 Å². The number of hydrogen-bond acceptors (Lipinski definition) is 4. The summed E-state index contributed by atoms with van der Waals surface area (Å²) in [4.78, 5) is 19.7. The lowest BCUT2D eigenvalue weighted by Crippen LogP contribution is -2.31. The van der Waals surface area contributed by atoms with Crippen LogP contribution in [0.3, 0.4) is 0 Å². The zero-order valence-corrected chi connectivity index (χ0v) is 15.9. The topological polar surface area (TPSA) is 75.1 Å². The molecule has 0 amide bonds. The maximum absolute atomic E-state index is 14.5. The van der Waals surface area contributed by atoms with E-state index in [2.05, 4.69) is 15.3 Å². The van der Waals surface area contributed by atoms with Crippen molar-refractivity contribution in [2.45, 2.75) is 31.7 Å². The molecule has 0 saturated heterocycles. The first-order chi connectivity index (χ1) is 14.1. The lowest BCUT2D eigenvalue weighted by molar-refractivity contribution is -0.142. The Morgan fingerprint density at radius 3 is 2.59 bits per heavy atom. The lowest BCUT2D eigenvalue weighted by atomic mass is 9.86. The molecule has 0 radical (unpaired) electrons. The number of benzene rings is 2. The molecule has 5 nitrogen and oxygen atoms in total. The molecule has 1 fully saturated rings. The van der Waals surface area contributed by atoms with Crippen LogP contribution in [0.5, 0.6) is 0 Å². The Balaban J connectivity index is 1.58. The molecule has 2 aromatic carbocycles. The summed E-state index contributed by atoms with van der Waals surface area (Å²) < 4.78 is 14.5. The average molecular weight is 391 g/mol. The maximum Gasteiger partial charge on any atom is 0.306 e. The Bertz CT molecular complexity index is 1010. The van der Waals surface area contributed by atoms with Gasteiger partial charge >= 0.3 is 5.97 Å². The first-order valence-corrected chi connectivity index (χ1v) is 9.78. The number of carbonyl (C=O) groups is 1. The predicted octanol–water partition coefficient (Wildman–Crippen LogP) is 5.01. The highest BCUT2D eigenvalue weighted by Gasteiger charge is 2.27. The molecule has 0 aliphatic heterocycles. The van der Waals surface area contributed by atoms with E-state index in [0.29, 0.717) is 24.4 Å². The van der Waals surface area contributed by atoms with Gasteiger partial charge in [0.15, 0.2) is 5.82 Å². The highest BCUT2D eigenvalue weighted by Crippen LogP contribution is 2.29. The van der Waals surface area contributed by atoms with Gasteiger partial charge in [0.2, 0.25) is 5.95 Å². The molecule has 2 atom stereocenters. The summed E-state index contributed by atoms with van der Waals surface area (Å²) in [6.45, 7) is 0. The lowest BCUT2D eigenvalue weighted by Gasteiger charge is -2.27. The molecule has 4 rings (SSSR count). The number of hydrogen-bond donors (Lipinski definition) is 2. The molecule has 1 aliphatic rings. The largest absolute Gasteiger partial charge is 0.481 e. The molecule has 3 aromatic rings. The summed E-state index contributed by atoms with van der Waals surface area (Å²) in [7, 11) is 0. The number of aliphatic carboxylic acids is 1. The third-order valence-corrected chi connectivity index (χ3v) is 5.34. The minimum absolute atomic E-state index is 0.0289. The summed E-state index contributed by atoms with van der Waals surface area (Å²) in [6, 6.07) is 17.4. The minimum Gasteiger partial charge on any atom is -0.481 e. The quantitative estimate of drug-likeness (QED) is 0.640. The Hall–Kier alpha value is -3.28. The normalized spacial score (nSPS) is 18.9. The molecule has 2 N–H and O–H groups in total. The van der Waals surface area contributed by atoms with Gasteiger partial charge in [-0.3, -0.25) is 4.79 Å². The van der Waals surface area contributed by atoms with E-state index in [1.54, 1.807) is 0 Å². The molecule has 1 aliphatic carbocycles. The summed E-state index contributed by atoms with van der Waals surface area (Å²) in [5.74, 6) is -1.30. The van der Waals surface area contributed by atoms with Gasteiger partial charge in [0.1, 0.15) is 5.69 Å². The van der Waals surface area contributed by atoms with Crippen LogP contribution in [0.4, 0.5) is 10.3 Å². The van der Waals surface area contributed by atoms with E-state index in [4.69, 9.17) is 0 Å². The number of aromatic nitrogens is 2. The highest BCUT2D eigenvalue weighted by atomic mass is 19.1. The van der Waals surface area contributed by atoms with Gasteiger partial charge in [-0.15, -0.1) is 0 Å². The third-order valence-electron chi connectivity index (χ3n) is 5.34. The van der Waals surface area contributed by atoms with Crippen molar-refractivity contribution in [2.24, 2.45) is 5.92 Å². The van der Waals surface area contributed by atoms with Gasteiger partial charge in [0.25, 0.3) is 0 Å². The molecule has 0 bridgehead atoms. The van der Waals surface area contributed by atoms with Crippen molar-refractivity contribution in [1.82, 2.24) is 9.97 Å². The number of carboxylic acid groups (broad SMARTS) is 1. The van der Waals surface area contributed by atoms with Crippen molar-refractivity contribution >= 4 is 11.9 Å². The average Bonchev–Trinajstić information content (AvgIpc) is 2.76. The SMILES string of the molecule is O=C(O)[C@@H]1CCC[C@H](Nc2ncc(F)c(-c3cccc(-c4ccccc4)c3)n2)C1. The van der Waals surface area contributed by atoms with Crippen LogP contribution in [0.15, 0.2) is 60.8 Å². The Morgan fingerprint density at radius 1 is 1.03 bits per heavy atom. The zero-order chi connectivity index (χ0) is 20.2. The number of nitrogens with zero attached hydrogens (tertiary/aromatic N) is 2. The standard InChI is InChI=1S/C23H22FN3O2/c24-20-14-25-23(26-19-11-5-10-18(13-19)22(28)29)27-21(20)17-9-4-8-16(12-17)15-6-2-1-3-7-15/h1-4,6-9,12,14,18-19H,5,10-11,13H2,(H,28,29)(H,25,26,27)/t18-,19+/m1/s1. The van der Waals surface area contributed by atoms with Gasteiger partial charge in [-0.1, -0.05) is 55.0 Å². The van der Waals surface area contributed by atoms with E-state index in [1.165, 1.54) is 0 Å². The van der Waals surface area contributed by atoms with E-state index in [-0.39, 0.29) is 17.7 Å². The van der Waals surface area contributed by atoms with Crippen LogP contribution in [0, 0.1) is 11.7 Å². The van der Waals surface area contributed by atoms with Crippen molar-refractivity contribution in [3.05, 3.63) is 66.6 Å². The van der Waals surface area contributed by atoms with E-state index >= 15 is 0 Å². The smallest absolute Gasteiger partial charge is 0.306 e. The fourth-order valence-corrected chi connectivity index (χ4v) is 3.84. The van der Waals surface area contributed by atoms with Crippen LogP contribution in [0.1, 0.15) is 25.7 Å². The fourth-order valence-electron chi connectivity index (χ4n) is 3.84. The van der Waals surface area contributed by atoms with Crippen LogP contribution < -0.4 is 5.32 Å². The molecule has 6 heteroatoms. The van der Waals surface area contributed by atoms with Gasteiger partial charge in [0, 0.05) is 11.6 Å². The van der Waals surface area contributed by atoms with Crippen LogP contribution in [-0.4, -0.2) is 27.1 Å². The first kappa shape index (κ1) is 19.1. The van der Waals surface area contributed by atoms with Gasteiger partial charge in [-0.05, 0) is 36.5 Å². The van der Waals surface area contributed by atoms with Crippen molar-refractivity contribution in [1.29, 1.82) is 0 Å². The van der Waals surface area contributed by atoms with Crippen molar-refractivity contribution in [3.63, 3.8) is 0 Å². The summed E-state index contributed by atoms with van der Waals surface area (Å²) in [5.41, 5.74) is 2.92. The van der Waals surface area contributed by atoms with Crippen molar-refractivity contribution in [3.8, 4) is 22.4 Å². The first-order valence-electron chi connectivity index (χ1n) is 9.78. The van der Waals surface area contributed by atoms with Crippen molar-refractivity contribution in [2.75, 3.05) is 5.32 Å². The second-order valence-corrected chi connectivity index (χ2v) is 7.38. The van der Waals surface area contributed by atoms with Crippen LogP contribution in [0.25, 0.3) is 22.4 Å². The number of anilines is 1. The van der Waals surface area contributed by atoms with E-state index in [9.17, 15) is 14.3 Å².